The Morgan fingerprint density at radius 1 is 1.11 bits per heavy atom. The number of thiazole rings is 1. The number of anilines is 1. The average Bonchev–Trinajstić information content (AvgIpc) is 3.46. The third kappa shape index (κ3) is 3.42. The van der Waals surface area contributed by atoms with Gasteiger partial charge in [-0.25, -0.2) is 4.98 Å². The van der Waals surface area contributed by atoms with Gasteiger partial charge < -0.3 is 9.64 Å². The molecular formula is C22H30N4OS. The van der Waals surface area contributed by atoms with E-state index in [2.05, 4.69) is 52.2 Å². The summed E-state index contributed by atoms with van der Waals surface area (Å²) >= 11 is 1.90. The van der Waals surface area contributed by atoms with E-state index in [9.17, 15) is 0 Å². The van der Waals surface area contributed by atoms with Crippen LogP contribution in [-0.4, -0.2) is 61.7 Å². The lowest BCUT2D eigenvalue weighted by Gasteiger charge is -2.26. The summed E-state index contributed by atoms with van der Waals surface area (Å²) in [5, 5.41) is 1.22. The van der Waals surface area contributed by atoms with E-state index in [0.29, 0.717) is 12.0 Å². The maximum Gasteiger partial charge on any atom is 0.185 e. The van der Waals surface area contributed by atoms with Gasteiger partial charge in [-0.05, 0) is 49.4 Å². The van der Waals surface area contributed by atoms with Crippen LogP contribution >= 0.6 is 11.3 Å². The van der Waals surface area contributed by atoms with E-state index in [1.165, 1.54) is 61.1 Å². The largest absolute Gasteiger partial charge is 0.497 e. The van der Waals surface area contributed by atoms with Crippen molar-refractivity contribution < 1.29 is 4.74 Å². The van der Waals surface area contributed by atoms with Gasteiger partial charge in [0.2, 0.25) is 0 Å². The number of aromatic nitrogens is 1. The van der Waals surface area contributed by atoms with Crippen LogP contribution in [0.3, 0.4) is 0 Å². The minimum absolute atomic E-state index is 0.516. The number of benzene rings is 1. The summed E-state index contributed by atoms with van der Waals surface area (Å²) in [6, 6.07) is 9.20. The molecule has 3 aliphatic rings. The molecule has 1 aromatic heterocycles. The molecule has 0 bridgehead atoms. The van der Waals surface area contributed by atoms with Crippen molar-refractivity contribution in [2.75, 3.05) is 51.8 Å². The zero-order valence-corrected chi connectivity index (χ0v) is 17.7. The van der Waals surface area contributed by atoms with Gasteiger partial charge in [0.1, 0.15) is 5.75 Å². The van der Waals surface area contributed by atoms with Crippen LogP contribution in [0.15, 0.2) is 30.5 Å². The average molecular weight is 399 g/mol. The summed E-state index contributed by atoms with van der Waals surface area (Å²) in [6.07, 6.45) is 4.73. The molecule has 3 atom stereocenters. The molecule has 5 rings (SSSR count). The van der Waals surface area contributed by atoms with Gasteiger partial charge in [0, 0.05) is 56.4 Å². The molecule has 2 aromatic rings. The monoisotopic (exact) mass is 398 g/mol. The molecule has 0 amide bonds. The molecule has 150 valence electrons. The highest BCUT2D eigenvalue weighted by Crippen LogP contribution is 2.44. The molecule has 0 N–H and O–H groups in total. The summed E-state index contributed by atoms with van der Waals surface area (Å²) in [5.74, 6) is 2.42. The third-order valence-electron chi connectivity index (χ3n) is 6.72. The Bertz CT molecular complexity index is 801. The van der Waals surface area contributed by atoms with E-state index < -0.39 is 0 Å². The van der Waals surface area contributed by atoms with Crippen LogP contribution in [0.2, 0.25) is 0 Å². The molecule has 3 fully saturated rings. The highest BCUT2D eigenvalue weighted by atomic mass is 32.1. The van der Waals surface area contributed by atoms with E-state index in [1.807, 2.05) is 11.3 Å². The lowest BCUT2D eigenvalue weighted by atomic mass is 9.89. The summed E-state index contributed by atoms with van der Waals surface area (Å²) in [4.78, 5) is 13.8. The summed E-state index contributed by atoms with van der Waals surface area (Å²) in [6.45, 7) is 6.99. The molecule has 1 aromatic carbocycles. The molecule has 0 spiro atoms. The maximum absolute atomic E-state index is 5.34. The standard InChI is InChI=1S/C22H30N4OS/c1-24-12-17-13-25(14-19-11-23-22(28-19)26-9-3-4-10-26)15-20(17)21(24)16-5-7-18(27-2)8-6-16/h5-8,11,17,20-21H,3-4,9-10,12-15H2,1-2H3/t17-,20+,21+/m0/s1. The lowest BCUT2D eigenvalue weighted by Crippen LogP contribution is -2.28. The van der Waals surface area contributed by atoms with Crippen molar-refractivity contribution in [3.8, 4) is 5.75 Å². The van der Waals surface area contributed by atoms with Gasteiger partial charge in [-0.1, -0.05) is 12.1 Å². The van der Waals surface area contributed by atoms with Crippen molar-refractivity contribution >= 4 is 16.5 Å². The predicted molar refractivity (Wildman–Crippen MR) is 114 cm³/mol. The second kappa shape index (κ2) is 7.65. The first-order valence-corrected chi connectivity index (χ1v) is 11.3. The van der Waals surface area contributed by atoms with Crippen LogP contribution in [0, 0.1) is 11.8 Å². The number of likely N-dealkylation sites (tertiary alicyclic amines) is 2. The molecule has 0 radical (unpaired) electrons. The highest BCUT2D eigenvalue weighted by Gasteiger charge is 2.46. The van der Waals surface area contributed by atoms with Gasteiger partial charge in [-0.15, -0.1) is 11.3 Å². The smallest absolute Gasteiger partial charge is 0.185 e. The van der Waals surface area contributed by atoms with Crippen LogP contribution < -0.4 is 9.64 Å². The van der Waals surface area contributed by atoms with Crippen molar-refractivity contribution in [1.29, 1.82) is 0 Å². The van der Waals surface area contributed by atoms with Crippen molar-refractivity contribution in [1.82, 2.24) is 14.8 Å². The number of hydrogen-bond donors (Lipinski definition) is 0. The van der Waals surface area contributed by atoms with Gasteiger partial charge in [-0.3, -0.25) is 9.80 Å². The van der Waals surface area contributed by atoms with Crippen LogP contribution in [0.1, 0.15) is 29.3 Å². The van der Waals surface area contributed by atoms with Crippen molar-refractivity contribution in [3.63, 3.8) is 0 Å². The number of rotatable bonds is 5. The molecule has 0 unspecified atom stereocenters. The van der Waals surface area contributed by atoms with Gasteiger partial charge in [0.25, 0.3) is 0 Å². The Balaban J connectivity index is 1.25. The normalized spacial score (nSPS) is 28.2. The van der Waals surface area contributed by atoms with Crippen LogP contribution in [0.25, 0.3) is 0 Å². The molecule has 4 heterocycles. The second-order valence-electron chi connectivity index (χ2n) is 8.58. The Labute approximate surface area is 171 Å². The summed E-state index contributed by atoms with van der Waals surface area (Å²) in [7, 11) is 4.01. The third-order valence-corrected chi connectivity index (χ3v) is 7.77. The molecule has 3 aliphatic heterocycles. The topological polar surface area (TPSA) is 31.8 Å². The Morgan fingerprint density at radius 2 is 1.89 bits per heavy atom. The maximum atomic E-state index is 5.34. The summed E-state index contributed by atoms with van der Waals surface area (Å²) < 4.78 is 5.34. The van der Waals surface area contributed by atoms with E-state index in [1.54, 1.807) is 7.11 Å². The fourth-order valence-electron chi connectivity index (χ4n) is 5.43. The zero-order valence-electron chi connectivity index (χ0n) is 16.9. The first-order valence-electron chi connectivity index (χ1n) is 10.5. The Morgan fingerprint density at radius 3 is 2.64 bits per heavy atom. The quantitative estimate of drug-likeness (QED) is 0.770. The Hall–Kier alpha value is -1.63. The van der Waals surface area contributed by atoms with Gasteiger partial charge in [0.15, 0.2) is 5.13 Å². The number of hydrogen-bond acceptors (Lipinski definition) is 6. The van der Waals surface area contributed by atoms with Gasteiger partial charge in [0.05, 0.1) is 7.11 Å². The molecule has 0 aliphatic carbocycles. The minimum atomic E-state index is 0.516. The van der Waals surface area contributed by atoms with E-state index >= 15 is 0 Å². The van der Waals surface area contributed by atoms with Gasteiger partial charge >= 0.3 is 0 Å². The summed E-state index contributed by atoms with van der Waals surface area (Å²) in [5.41, 5.74) is 1.42. The molecule has 6 heteroatoms. The first kappa shape index (κ1) is 18.4. The second-order valence-corrected chi connectivity index (χ2v) is 9.67. The van der Waals surface area contributed by atoms with Crippen molar-refractivity contribution in [3.05, 3.63) is 40.9 Å². The van der Waals surface area contributed by atoms with Gasteiger partial charge in [-0.2, -0.15) is 0 Å². The fraction of sp³-hybridized carbons (Fsp3) is 0.591. The van der Waals surface area contributed by atoms with E-state index in [0.717, 1.165) is 18.2 Å². The van der Waals surface area contributed by atoms with E-state index in [4.69, 9.17) is 9.72 Å². The zero-order chi connectivity index (χ0) is 19.1. The fourth-order valence-corrected chi connectivity index (χ4v) is 6.43. The first-order chi connectivity index (χ1) is 13.7. The van der Waals surface area contributed by atoms with E-state index in [-0.39, 0.29) is 0 Å². The molecule has 0 saturated carbocycles. The molecule has 28 heavy (non-hydrogen) atoms. The number of ether oxygens (including phenoxy) is 1. The molecule has 3 saturated heterocycles. The Kier molecular flexibility index (Phi) is 5.03. The highest BCUT2D eigenvalue weighted by molar-refractivity contribution is 7.15. The minimum Gasteiger partial charge on any atom is -0.497 e. The predicted octanol–water partition coefficient (Wildman–Crippen LogP) is 3.49. The number of nitrogens with zero attached hydrogens (tertiary/aromatic N) is 4. The SMILES string of the molecule is COc1ccc([C@@H]2[C@@H]3CN(Cc4cnc(N5CCCC5)s4)C[C@@H]3CN2C)cc1. The molecule has 5 nitrogen and oxygen atoms in total. The van der Waals surface area contributed by atoms with Crippen LogP contribution in [-0.2, 0) is 6.54 Å². The lowest BCUT2D eigenvalue weighted by molar-refractivity contribution is 0.225. The van der Waals surface area contributed by atoms with Crippen molar-refractivity contribution in [2.45, 2.75) is 25.4 Å². The van der Waals surface area contributed by atoms with Crippen LogP contribution in [0.5, 0.6) is 5.75 Å². The molecular weight excluding hydrogens is 368 g/mol. The number of fused-ring (bicyclic) bond motifs is 1. The number of methoxy groups -OCH3 is 1. The van der Waals surface area contributed by atoms with Crippen molar-refractivity contribution in [2.24, 2.45) is 11.8 Å². The van der Waals surface area contributed by atoms with Crippen LogP contribution in [0.4, 0.5) is 5.13 Å².